The molecular formula is C22H16N4O3S. The molecule has 3 aromatic rings. The molecule has 0 unspecified atom stereocenters. The highest BCUT2D eigenvalue weighted by molar-refractivity contribution is 7.07. The standard InChI is InChI=1S/C22H16N4O3S/c1-13-6-8-14(9-7-13)24-17(27)12-26-18(10-11-23)30-20(22(26)29)19-15-4-2-3-5-16(15)25-21(19)28/h2-10H,12H2,1H3,(H,24,27)(H,25,28)/b18-10+,20-19+. The van der Waals surface area contributed by atoms with Crippen LogP contribution in [0.3, 0.4) is 0 Å². The minimum Gasteiger partial charge on any atom is -0.325 e. The molecule has 0 radical (unpaired) electrons. The maximum absolute atomic E-state index is 13.1. The Hall–Kier alpha value is -3.96. The van der Waals surface area contributed by atoms with Crippen LogP contribution in [0.25, 0.3) is 11.6 Å². The number of nitrogens with zero attached hydrogens (tertiary/aromatic N) is 2. The van der Waals surface area contributed by atoms with E-state index in [1.54, 1.807) is 36.4 Å². The highest BCUT2D eigenvalue weighted by Gasteiger charge is 2.26. The van der Waals surface area contributed by atoms with Crippen LogP contribution in [0.2, 0.25) is 0 Å². The highest BCUT2D eigenvalue weighted by Crippen LogP contribution is 2.29. The van der Waals surface area contributed by atoms with Crippen molar-refractivity contribution in [3.8, 4) is 6.07 Å². The quantitative estimate of drug-likeness (QED) is 0.672. The lowest BCUT2D eigenvalue weighted by molar-refractivity contribution is -0.116. The van der Waals surface area contributed by atoms with Gasteiger partial charge in [0.25, 0.3) is 11.5 Å². The number of amides is 2. The molecule has 4 rings (SSSR count). The minimum atomic E-state index is -0.484. The fraction of sp³-hybridized carbons (Fsp3) is 0.0909. The smallest absolute Gasteiger partial charge is 0.270 e. The zero-order valence-corrected chi connectivity index (χ0v) is 16.7. The van der Waals surface area contributed by atoms with Crippen LogP contribution in [0.4, 0.5) is 11.4 Å². The van der Waals surface area contributed by atoms with Gasteiger partial charge < -0.3 is 10.6 Å². The lowest BCUT2D eigenvalue weighted by Gasteiger charge is -2.06. The normalized spacial score (nSPS) is 14.8. The Labute approximate surface area is 175 Å². The summed E-state index contributed by atoms with van der Waals surface area (Å²) >= 11 is 1.02. The first-order chi connectivity index (χ1) is 14.5. The molecule has 0 saturated heterocycles. The van der Waals surface area contributed by atoms with Crippen LogP contribution >= 0.6 is 11.3 Å². The molecule has 0 spiro atoms. The Balaban J connectivity index is 1.78. The molecule has 30 heavy (non-hydrogen) atoms. The van der Waals surface area contributed by atoms with Gasteiger partial charge in [0.1, 0.15) is 15.7 Å². The van der Waals surface area contributed by atoms with Gasteiger partial charge in [-0.1, -0.05) is 35.9 Å². The summed E-state index contributed by atoms with van der Waals surface area (Å²) < 4.78 is 1.72. The van der Waals surface area contributed by atoms with Crippen molar-refractivity contribution in [1.29, 1.82) is 5.26 Å². The van der Waals surface area contributed by atoms with Crippen molar-refractivity contribution in [3.05, 3.63) is 79.2 Å². The fourth-order valence-corrected chi connectivity index (χ4v) is 4.30. The topological polar surface area (TPSA) is 104 Å². The monoisotopic (exact) mass is 416 g/mol. The van der Waals surface area contributed by atoms with Gasteiger partial charge in [-0.15, -0.1) is 11.3 Å². The van der Waals surface area contributed by atoms with Crippen molar-refractivity contribution >= 4 is 46.2 Å². The molecule has 0 atom stereocenters. The summed E-state index contributed by atoms with van der Waals surface area (Å²) in [6.45, 7) is 1.67. The number of hydrogen-bond acceptors (Lipinski definition) is 5. The van der Waals surface area contributed by atoms with E-state index in [1.165, 1.54) is 10.6 Å². The van der Waals surface area contributed by atoms with E-state index in [0.717, 1.165) is 16.9 Å². The van der Waals surface area contributed by atoms with Crippen molar-refractivity contribution in [1.82, 2.24) is 4.57 Å². The lowest BCUT2D eigenvalue weighted by atomic mass is 10.1. The molecule has 2 amide bonds. The summed E-state index contributed by atoms with van der Waals surface area (Å²) in [5.74, 6) is -0.784. The maximum Gasteiger partial charge on any atom is 0.270 e. The van der Waals surface area contributed by atoms with E-state index in [4.69, 9.17) is 5.26 Å². The second kappa shape index (κ2) is 7.81. The molecule has 0 aliphatic carbocycles. The molecule has 0 fully saturated rings. The number of rotatable bonds is 3. The van der Waals surface area contributed by atoms with Crippen LogP contribution in [0.5, 0.6) is 0 Å². The molecule has 0 bridgehead atoms. The van der Waals surface area contributed by atoms with Crippen molar-refractivity contribution in [3.63, 3.8) is 0 Å². The fourth-order valence-electron chi connectivity index (χ4n) is 3.22. The molecular weight excluding hydrogens is 400 g/mol. The van der Waals surface area contributed by atoms with E-state index in [0.29, 0.717) is 21.6 Å². The molecule has 8 heteroatoms. The second-order valence-corrected chi connectivity index (χ2v) is 7.75. The van der Waals surface area contributed by atoms with Crippen molar-refractivity contribution in [2.45, 2.75) is 13.5 Å². The van der Waals surface area contributed by atoms with Gasteiger partial charge in [0.05, 0.1) is 11.6 Å². The summed E-state index contributed by atoms with van der Waals surface area (Å²) in [6, 6.07) is 16.3. The third-order valence-corrected chi connectivity index (χ3v) is 5.77. The maximum atomic E-state index is 13.1. The number of carbonyl (C=O) groups is 2. The number of carbonyl (C=O) groups excluding carboxylic acids is 2. The average Bonchev–Trinajstić information content (AvgIpc) is 3.20. The Kier molecular flexibility index (Phi) is 5.04. The summed E-state index contributed by atoms with van der Waals surface area (Å²) in [7, 11) is 0. The Morgan fingerprint density at radius 2 is 1.93 bits per heavy atom. The van der Waals surface area contributed by atoms with E-state index in [-0.39, 0.29) is 22.6 Å². The summed E-state index contributed by atoms with van der Waals surface area (Å²) in [4.78, 5) is 38.1. The first-order valence-corrected chi connectivity index (χ1v) is 9.90. The van der Waals surface area contributed by atoms with Gasteiger partial charge in [0.2, 0.25) is 5.91 Å². The summed E-state index contributed by atoms with van der Waals surface area (Å²) in [5, 5.41) is 14.6. The Morgan fingerprint density at radius 3 is 2.67 bits per heavy atom. The zero-order valence-electron chi connectivity index (χ0n) is 15.9. The van der Waals surface area contributed by atoms with Crippen LogP contribution in [0.15, 0.2) is 53.3 Å². The number of para-hydroxylation sites is 1. The van der Waals surface area contributed by atoms with Crippen LogP contribution in [-0.4, -0.2) is 16.4 Å². The van der Waals surface area contributed by atoms with Gasteiger partial charge in [0.15, 0.2) is 0 Å². The predicted molar refractivity (Wildman–Crippen MR) is 115 cm³/mol. The van der Waals surface area contributed by atoms with Crippen LogP contribution in [-0.2, 0) is 16.1 Å². The summed E-state index contributed by atoms with van der Waals surface area (Å²) in [5.41, 5.74) is 2.69. The Morgan fingerprint density at radius 1 is 1.20 bits per heavy atom. The van der Waals surface area contributed by atoms with E-state index < -0.39 is 11.5 Å². The molecule has 148 valence electrons. The number of nitrogens with one attached hydrogen (secondary N) is 2. The van der Waals surface area contributed by atoms with Crippen molar-refractivity contribution in [2.75, 3.05) is 10.6 Å². The number of thiazole rings is 1. The number of aryl methyl sites for hydroxylation is 1. The SMILES string of the molecule is Cc1ccc(NC(=O)Cn2c(=O)/c(=C3\C(=O)Nc4ccccc43)s/c2=C/C#N)cc1. The van der Waals surface area contributed by atoms with E-state index >= 15 is 0 Å². The third kappa shape index (κ3) is 3.54. The van der Waals surface area contributed by atoms with Gasteiger partial charge >= 0.3 is 0 Å². The molecule has 2 N–H and O–H groups in total. The van der Waals surface area contributed by atoms with E-state index in [9.17, 15) is 14.4 Å². The number of anilines is 2. The number of benzene rings is 2. The van der Waals surface area contributed by atoms with Crippen LogP contribution in [0.1, 0.15) is 11.1 Å². The molecule has 2 aromatic carbocycles. The third-order valence-electron chi connectivity index (χ3n) is 4.64. The van der Waals surface area contributed by atoms with Gasteiger partial charge in [-0.25, -0.2) is 0 Å². The molecule has 1 aliphatic heterocycles. The minimum absolute atomic E-state index is 0.196. The average molecular weight is 416 g/mol. The largest absolute Gasteiger partial charge is 0.325 e. The molecule has 1 aliphatic rings. The van der Waals surface area contributed by atoms with Crippen LogP contribution in [0, 0.1) is 18.3 Å². The number of hydrogen-bond donors (Lipinski definition) is 2. The number of nitriles is 1. The van der Waals surface area contributed by atoms with Crippen LogP contribution < -0.4 is 25.4 Å². The van der Waals surface area contributed by atoms with Gasteiger partial charge in [-0.2, -0.15) is 5.26 Å². The second-order valence-electron chi connectivity index (χ2n) is 6.72. The molecule has 2 heterocycles. The zero-order chi connectivity index (χ0) is 21.3. The van der Waals surface area contributed by atoms with E-state index in [2.05, 4.69) is 10.6 Å². The molecule has 0 saturated carbocycles. The van der Waals surface area contributed by atoms with Crippen molar-refractivity contribution in [2.24, 2.45) is 0 Å². The van der Waals surface area contributed by atoms with Gasteiger partial charge in [0, 0.05) is 23.0 Å². The first kappa shape index (κ1) is 19.4. The highest BCUT2D eigenvalue weighted by atomic mass is 32.1. The van der Waals surface area contributed by atoms with Crippen molar-refractivity contribution < 1.29 is 9.59 Å². The first-order valence-electron chi connectivity index (χ1n) is 9.09. The predicted octanol–water partition coefficient (Wildman–Crippen LogP) is 1.31. The molecule has 7 nitrogen and oxygen atoms in total. The number of aromatic nitrogens is 1. The summed E-state index contributed by atoms with van der Waals surface area (Å²) in [6.07, 6.45) is 1.20. The van der Waals surface area contributed by atoms with Gasteiger partial charge in [-0.3, -0.25) is 19.0 Å². The van der Waals surface area contributed by atoms with E-state index in [1.807, 2.05) is 25.1 Å². The van der Waals surface area contributed by atoms with Gasteiger partial charge in [-0.05, 0) is 25.1 Å². The number of fused-ring (bicyclic) bond motifs is 1. The molecule has 1 aromatic heterocycles. The lowest BCUT2D eigenvalue weighted by Crippen LogP contribution is -2.37. The Bertz CT molecular complexity index is 1390.